The molecule has 0 fully saturated rings. The number of hydrazone groups is 1. The van der Waals surface area contributed by atoms with E-state index in [1.165, 1.54) is 5.01 Å². The summed E-state index contributed by atoms with van der Waals surface area (Å²) >= 11 is 0. The molecule has 0 radical (unpaired) electrons. The van der Waals surface area contributed by atoms with Gasteiger partial charge in [0.05, 0.1) is 11.4 Å². The number of furan rings is 1. The van der Waals surface area contributed by atoms with Gasteiger partial charge in [-0.2, -0.15) is 5.10 Å². The first kappa shape index (κ1) is 23.6. The number of hydrogen-bond donors (Lipinski definition) is 0. The van der Waals surface area contributed by atoms with Crippen molar-refractivity contribution in [2.24, 2.45) is 5.10 Å². The molecule has 0 spiro atoms. The van der Waals surface area contributed by atoms with Crippen molar-refractivity contribution in [1.82, 2.24) is 14.6 Å². The highest BCUT2D eigenvalue weighted by molar-refractivity contribution is 6.06. The first-order chi connectivity index (χ1) is 18.5. The number of nitrogens with zero attached hydrogens (tertiary/aromatic N) is 4. The molecular weight excluding hydrogens is 476 g/mol. The smallest absolute Gasteiger partial charge is 0.280 e. The van der Waals surface area contributed by atoms with E-state index in [-0.39, 0.29) is 17.0 Å². The lowest BCUT2D eigenvalue weighted by Gasteiger charge is -2.19. The summed E-state index contributed by atoms with van der Waals surface area (Å²) in [5.41, 5.74) is 3.53. The normalized spacial score (nSPS) is 15.6. The second-order valence-electron chi connectivity index (χ2n) is 9.37. The first-order valence-electron chi connectivity index (χ1n) is 12.7. The number of fused-ring (bicyclic) bond motifs is 2. The molecule has 1 aliphatic heterocycles. The van der Waals surface area contributed by atoms with Gasteiger partial charge < -0.3 is 8.98 Å². The number of hydrogen-bond acceptors (Lipinski definition) is 5. The van der Waals surface area contributed by atoms with E-state index in [1.54, 1.807) is 18.3 Å². The molecule has 7 heteroatoms. The minimum atomic E-state index is -0.450. The first-order valence-corrected chi connectivity index (χ1v) is 12.7. The molecule has 1 amide bonds. The zero-order chi connectivity index (χ0) is 26.2. The van der Waals surface area contributed by atoms with Crippen LogP contribution in [0.2, 0.25) is 0 Å². The van der Waals surface area contributed by atoms with E-state index in [4.69, 9.17) is 9.52 Å². The van der Waals surface area contributed by atoms with Crippen LogP contribution in [0.3, 0.4) is 0 Å². The van der Waals surface area contributed by atoms with Crippen molar-refractivity contribution < 1.29 is 9.21 Å². The molecule has 1 unspecified atom stereocenters. The highest BCUT2D eigenvalue weighted by Gasteiger charge is 2.34. The van der Waals surface area contributed by atoms with Gasteiger partial charge in [-0.3, -0.25) is 9.59 Å². The van der Waals surface area contributed by atoms with Gasteiger partial charge in [0.1, 0.15) is 22.5 Å². The molecule has 4 heterocycles. The van der Waals surface area contributed by atoms with Crippen LogP contribution < -0.4 is 5.43 Å². The average Bonchev–Trinajstić information content (AvgIpc) is 3.57. The van der Waals surface area contributed by atoms with E-state index in [0.29, 0.717) is 35.5 Å². The molecule has 38 heavy (non-hydrogen) atoms. The Labute approximate surface area is 219 Å². The van der Waals surface area contributed by atoms with E-state index >= 15 is 0 Å². The lowest BCUT2D eigenvalue weighted by atomic mass is 10.1. The predicted octanol–water partition coefficient (Wildman–Crippen LogP) is 5.80. The lowest BCUT2D eigenvalue weighted by molar-refractivity contribution is 0.0740. The highest BCUT2D eigenvalue weighted by atomic mass is 16.3. The fourth-order valence-corrected chi connectivity index (χ4v) is 4.81. The van der Waals surface area contributed by atoms with Crippen molar-refractivity contribution in [2.45, 2.75) is 32.9 Å². The van der Waals surface area contributed by atoms with E-state index in [0.717, 1.165) is 22.2 Å². The molecule has 0 aliphatic carbocycles. The fraction of sp³-hybridized carbons (Fsp3) is 0.161. The molecule has 5 aromatic rings. The van der Waals surface area contributed by atoms with Crippen molar-refractivity contribution in [2.75, 3.05) is 0 Å². The molecule has 7 nitrogen and oxygen atoms in total. The maximum atomic E-state index is 13.9. The Kier molecular flexibility index (Phi) is 5.96. The van der Waals surface area contributed by atoms with Crippen molar-refractivity contribution in [1.29, 1.82) is 0 Å². The largest absolute Gasteiger partial charge is 0.455 e. The van der Waals surface area contributed by atoms with Gasteiger partial charge in [-0.15, -0.1) is 0 Å². The lowest BCUT2D eigenvalue weighted by Crippen LogP contribution is -2.35. The molecule has 0 saturated carbocycles. The third-order valence-electron chi connectivity index (χ3n) is 6.81. The van der Waals surface area contributed by atoms with Gasteiger partial charge in [0.25, 0.3) is 5.91 Å². The summed E-state index contributed by atoms with van der Waals surface area (Å²) in [6.45, 7) is 4.41. The Morgan fingerprint density at radius 2 is 1.87 bits per heavy atom. The molecule has 6 rings (SSSR count). The molecule has 0 N–H and O–H groups in total. The number of aromatic nitrogens is 2. The third-order valence-corrected chi connectivity index (χ3v) is 6.81. The average molecular weight is 503 g/mol. The molecule has 1 atom stereocenters. The zero-order valence-corrected chi connectivity index (χ0v) is 21.2. The summed E-state index contributed by atoms with van der Waals surface area (Å²) in [5, 5.41) is 7.50. The van der Waals surface area contributed by atoms with Crippen molar-refractivity contribution >= 4 is 39.7 Å². The maximum absolute atomic E-state index is 13.9. The minimum Gasteiger partial charge on any atom is -0.455 e. The number of aryl methyl sites for hydroxylation is 2. The molecule has 1 aliphatic rings. The van der Waals surface area contributed by atoms with E-state index in [1.807, 2.05) is 91.2 Å². The van der Waals surface area contributed by atoms with Crippen LogP contribution in [0.1, 0.15) is 40.7 Å². The maximum Gasteiger partial charge on any atom is 0.280 e. The summed E-state index contributed by atoms with van der Waals surface area (Å²) in [7, 11) is 0. The predicted molar refractivity (Wildman–Crippen MR) is 149 cm³/mol. The number of benzene rings is 2. The van der Waals surface area contributed by atoms with Gasteiger partial charge in [-0.1, -0.05) is 60.7 Å². The Morgan fingerprint density at radius 1 is 1.08 bits per heavy atom. The molecule has 3 aromatic heterocycles. The quantitative estimate of drug-likeness (QED) is 0.304. The van der Waals surface area contributed by atoms with Crippen molar-refractivity contribution in [3.05, 3.63) is 118 Å². The van der Waals surface area contributed by atoms with Gasteiger partial charge in [-0.05, 0) is 43.7 Å². The number of amides is 1. The summed E-state index contributed by atoms with van der Waals surface area (Å²) in [6.07, 6.45) is 5.99. The fourth-order valence-electron chi connectivity index (χ4n) is 4.81. The highest BCUT2D eigenvalue weighted by Crippen LogP contribution is 2.27. The topological polar surface area (TPSA) is 80.7 Å². The Hall–Kier alpha value is -4.78. The Morgan fingerprint density at radius 3 is 2.66 bits per heavy atom. The molecular formula is C31H26N4O3. The summed E-state index contributed by atoms with van der Waals surface area (Å²) in [4.78, 5) is 32.0. The minimum absolute atomic E-state index is 0.0673. The van der Waals surface area contributed by atoms with Crippen LogP contribution in [0.5, 0.6) is 0 Å². The van der Waals surface area contributed by atoms with E-state index in [2.05, 4.69) is 4.98 Å². The van der Waals surface area contributed by atoms with Crippen LogP contribution in [0.25, 0.3) is 28.1 Å². The second-order valence-corrected chi connectivity index (χ2v) is 9.37. The summed E-state index contributed by atoms with van der Waals surface area (Å²) in [6, 6.07) is 22.7. The molecule has 2 aromatic carbocycles. The van der Waals surface area contributed by atoms with Gasteiger partial charge in [-0.25, -0.2) is 9.99 Å². The third kappa shape index (κ3) is 4.22. The van der Waals surface area contributed by atoms with Crippen molar-refractivity contribution in [3.63, 3.8) is 0 Å². The van der Waals surface area contributed by atoms with Gasteiger partial charge in [0, 0.05) is 30.2 Å². The summed E-state index contributed by atoms with van der Waals surface area (Å²) < 4.78 is 7.90. The monoisotopic (exact) mass is 502 g/mol. The van der Waals surface area contributed by atoms with E-state index in [9.17, 15) is 9.59 Å². The van der Waals surface area contributed by atoms with Gasteiger partial charge in [0.2, 0.25) is 5.43 Å². The van der Waals surface area contributed by atoms with Gasteiger partial charge in [0.15, 0.2) is 5.76 Å². The number of pyridine rings is 2. The Balaban J connectivity index is 1.44. The Bertz CT molecular complexity index is 1760. The molecule has 0 bridgehead atoms. The van der Waals surface area contributed by atoms with Crippen LogP contribution in [-0.2, 0) is 6.54 Å². The standard InChI is InChI=1S/C31H26N4O3/c1-3-34-19-25(29(36)24-16-13-20(2)32-30(24)34)31(37)35-23(15-14-21-9-5-4-6-10-21)18-26(33-35)28-17-22-11-7-8-12-27(22)38-28/h4-17,19,23H,3,18H2,1-2H3/b15-14+. The molecule has 188 valence electrons. The van der Waals surface area contributed by atoms with Crippen LogP contribution >= 0.6 is 0 Å². The van der Waals surface area contributed by atoms with Crippen LogP contribution in [0, 0.1) is 6.92 Å². The second kappa shape index (κ2) is 9.59. The number of carbonyl (C=O) groups is 1. The van der Waals surface area contributed by atoms with Gasteiger partial charge >= 0.3 is 0 Å². The zero-order valence-electron chi connectivity index (χ0n) is 21.2. The van der Waals surface area contributed by atoms with Crippen LogP contribution in [0.15, 0.2) is 99.4 Å². The SMILES string of the molecule is CCn1cc(C(=O)N2N=C(c3cc4ccccc4o3)CC2/C=C/c2ccccc2)c(=O)c2ccc(C)nc21. The number of para-hydroxylation sites is 1. The summed E-state index contributed by atoms with van der Waals surface area (Å²) in [5.74, 6) is 0.164. The van der Waals surface area contributed by atoms with Crippen LogP contribution in [-0.4, -0.2) is 32.2 Å². The number of rotatable bonds is 5. The van der Waals surface area contributed by atoms with Crippen LogP contribution in [0.4, 0.5) is 0 Å². The van der Waals surface area contributed by atoms with Crippen molar-refractivity contribution in [3.8, 4) is 0 Å². The number of carbonyl (C=O) groups excluding carboxylic acids is 1. The van der Waals surface area contributed by atoms with E-state index < -0.39 is 5.91 Å². The molecule has 0 saturated heterocycles.